The van der Waals surface area contributed by atoms with Crippen molar-refractivity contribution in [2.75, 3.05) is 26.5 Å². The van der Waals surface area contributed by atoms with Crippen LogP contribution < -0.4 is 4.74 Å². The number of hydrogen-bond donors (Lipinski definition) is 0. The number of benzene rings is 1. The second-order valence-electron chi connectivity index (χ2n) is 6.98. The van der Waals surface area contributed by atoms with Crippen LogP contribution >= 0.6 is 23.4 Å². The Bertz CT molecular complexity index is 846. The van der Waals surface area contributed by atoms with Crippen molar-refractivity contribution in [3.63, 3.8) is 0 Å². The van der Waals surface area contributed by atoms with Crippen molar-refractivity contribution in [2.45, 2.75) is 19.3 Å². The van der Waals surface area contributed by atoms with Crippen LogP contribution in [0.15, 0.2) is 41.5 Å². The molecule has 1 aromatic carbocycles. The number of aromatic nitrogens is 1. The Morgan fingerprint density at radius 2 is 2.19 bits per heavy atom. The number of amidine groups is 1. The number of ether oxygens (including phenoxy) is 1. The molecule has 144 valence electrons. The van der Waals surface area contributed by atoms with Gasteiger partial charge >= 0.3 is 0 Å². The molecule has 2 atom stereocenters. The van der Waals surface area contributed by atoms with E-state index in [0.29, 0.717) is 16.8 Å². The van der Waals surface area contributed by atoms with Gasteiger partial charge < -0.3 is 9.64 Å². The number of methoxy groups -OCH3 is 1. The third kappa shape index (κ3) is 4.06. The Balaban J connectivity index is 1.87. The van der Waals surface area contributed by atoms with Gasteiger partial charge in [0, 0.05) is 29.6 Å². The average molecular weight is 408 g/mol. The molecule has 4 nitrogen and oxygen atoms in total. The van der Waals surface area contributed by atoms with Crippen LogP contribution in [0.25, 0.3) is 0 Å². The zero-order chi connectivity index (χ0) is 19.6. The molecule has 0 spiro atoms. The lowest BCUT2D eigenvalue weighted by Gasteiger charge is -2.30. The molecule has 0 radical (unpaired) electrons. The van der Waals surface area contributed by atoms with Gasteiger partial charge in [-0.05, 0) is 35.9 Å². The van der Waals surface area contributed by atoms with Crippen molar-refractivity contribution in [3.8, 4) is 5.88 Å². The van der Waals surface area contributed by atoms with Gasteiger partial charge in [-0.1, -0.05) is 43.3 Å². The van der Waals surface area contributed by atoms with Gasteiger partial charge in [-0.15, -0.1) is 0 Å². The molecule has 1 fully saturated rings. The maximum atomic E-state index is 13.5. The van der Waals surface area contributed by atoms with Crippen molar-refractivity contribution in [1.82, 2.24) is 9.88 Å². The molecule has 2 heterocycles. The Morgan fingerprint density at radius 1 is 1.41 bits per heavy atom. The van der Waals surface area contributed by atoms with Gasteiger partial charge in [0.25, 0.3) is 0 Å². The van der Waals surface area contributed by atoms with E-state index in [2.05, 4.69) is 23.7 Å². The monoisotopic (exact) mass is 407 g/mol. The van der Waals surface area contributed by atoms with Gasteiger partial charge in [0.1, 0.15) is 5.82 Å². The molecule has 27 heavy (non-hydrogen) atoms. The molecule has 0 saturated carbocycles. The average Bonchev–Trinajstić information content (AvgIpc) is 2.95. The van der Waals surface area contributed by atoms with Crippen molar-refractivity contribution in [2.24, 2.45) is 10.9 Å². The second kappa shape index (κ2) is 8.07. The molecule has 3 rings (SSSR count). The summed E-state index contributed by atoms with van der Waals surface area (Å²) in [5.41, 5.74) is 1.58. The molecule has 0 aliphatic carbocycles. The Morgan fingerprint density at radius 3 is 2.78 bits per heavy atom. The summed E-state index contributed by atoms with van der Waals surface area (Å²) in [5.74, 6) is 0.591. The topological polar surface area (TPSA) is 37.7 Å². The van der Waals surface area contributed by atoms with E-state index in [4.69, 9.17) is 21.3 Å². The highest BCUT2D eigenvalue weighted by atomic mass is 35.5. The van der Waals surface area contributed by atoms with E-state index in [1.54, 1.807) is 37.2 Å². The zero-order valence-electron chi connectivity index (χ0n) is 15.9. The van der Waals surface area contributed by atoms with E-state index >= 15 is 0 Å². The lowest BCUT2D eigenvalue weighted by atomic mass is 9.75. The number of thioether (sulfide) groups is 1. The fraction of sp³-hybridized carbons (Fsp3) is 0.400. The van der Waals surface area contributed by atoms with E-state index < -0.39 is 0 Å². The van der Waals surface area contributed by atoms with E-state index in [1.807, 2.05) is 12.3 Å². The van der Waals surface area contributed by atoms with Crippen molar-refractivity contribution in [3.05, 3.63) is 52.9 Å². The summed E-state index contributed by atoms with van der Waals surface area (Å²) in [6.45, 7) is 6.01. The highest BCUT2D eigenvalue weighted by Gasteiger charge is 2.43. The standard InChI is InChI=1S/C20H23ClFN3OS/c1-13-11-25(12-20(13,2)16-7-5-14(22)9-17(16)21)19(27-4)24-15-6-8-18(26-3)23-10-15/h5-10,13H,11-12H2,1-4H3/t13-,20-/m0/s1. The maximum absolute atomic E-state index is 13.5. The summed E-state index contributed by atoms with van der Waals surface area (Å²) < 4.78 is 18.6. The molecule has 2 aromatic rings. The first-order chi connectivity index (χ1) is 12.9. The Hall–Kier alpha value is -1.79. The number of aliphatic imine (C=N–C) groups is 1. The molecule has 0 bridgehead atoms. The fourth-order valence-electron chi connectivity index (χ4n) is 3.51. The number of likely N-dealkylation sites (tertiary alicyclic amines) is 1. The van der Waals surface area contributed by atoms with E-state index in [1.165, 1.54) is 12.1 Å². The lowest BCUT2D eigenvalue weighted by Crippen LogP contribution is -2.33. The van der Waals surface area contributed by atoms with Crippen LogP contribution in [-0.2, 0) is 5.41 Å². The van der Waals surface area contributed by atoms with E-state index in [-0.39, 0.29) is 11.2 Å². The molecule has 1 aromatic heterocycles. The van der Waals surface area contributed by atoms with Gasteiger partial charge in [0.15, 0.2) is 5.17 Å². The summed E-state index contributed by atoms with van der Waals surface area (Å²) in [5, 5.41) is 1.41. The number of pyridine rings is 1. The zero-order valence-corrected chi connectivity index (χ0v) is 17.4. The summed E-state index contributed by atoms with van der Waals surface area (Å²) in [6, 6.07) is 8.36. The van der Waals surface area contributed by atoms with Crippen LogP contribution in [0.4, 0.5) is 10.1 Å². The summed E-state index contributed by atoms with van der Waals surface area (Å²) in [7, 11) is 1.59. The maximum Gasteiger partial charge on any atom is 0.213 e. The molecule has 7 heteroatoms. The minimum atomic E-state index is -0.312. The van der Waals surface area contributed by atoms with Crippen molar-refractivity contribution in [1.29, 1.82) is 0 Å². The second-order valence-corrected chi connectivity index (χ2v) is 8.16. The molecule has 0 unspecified atom stereocenters. The number of hydrogen-bond acceptors (Lipinski definition) is 4. The van der Waals surface area contributed by atoms with Gasteiger partial charge in [-0.2, -0.15) is 0 Å². The molecule has 0 amide bonds. The lowest BCUT2D eigenvalue weighted by molar-refractivity contribution is 0.398. The minimum absolute atomic E-state index is 0.181. The third-order valence-electron chi connectivity index (χ3n) is 5.26. The van der Waals surface area contributed by atoms with E-state index in [0.717, 1.165) is 29.5 Å². The summed E-state index contributed by atoms with van der Waals surface area (Å²) in [4.78, 5) is 11.2. The highest BCUT2D eigenvalue weighted by molar-refractivity contribution is 8.13. The summed E-state index contributed by atoms with van der Waals surface area (Å²) >= 11 is 7.97. The first-order valence-electron chi connectivity index (χ1n) is 8.70. The van der Waals surface area contributed by atoms with Gasteiger partial charge in [0.2, 0.25) is 5.88 Å². The number of halogens is 2. The highest BCUT2D eigenvalue weighted by Crippen LogP contribution is 2.42. The molecular formula is C20H23ClFN3OS. The molecule has 1 saturated heterocycles. The number of rotatable bonds is 3. The normalized spacial score (nSPS) is 23.0. The van der Waals surface area contributed by atoms with Gasteiger partial charge in [-0.25, -0.2) is 14.4 Å². The predicted octanol–water partition coefficient (Wildman–Crippen LogP) is 5.14. The first-order valence-corrected chi connectivity index (χ1v) is 10.3. The van der Waals surface area contributed by atoms with Crippen LogP contribution in [0.2, 0.25) is 5.02 Å². The van der Waals surface area contributed by atoms with Crippen LogP contribution in [0.1, 0.15) is 19.4 Å². The van der Waals surface area contributed by atoms with Crippen LogP contribution in [-0.4, -0.2) is 41.5 Å². The predicted molar refractivity (Wildman–Crippen MR) is 111 cm³/mol. The molecular weight excluding hydrogens is 385 g/mol. The van der Waals surface area contributed by atoms with Crippen LogP contribution in [0.5, 0.6) is 5.88 Å². The molecule has 1 aliphatic rings. The largest absolute Gasteiger partial charge is 0.481 e. The number of nitrogens with zero attached hydrogens (tertiary/aromatic N) is 3. The SMILES string of the molecule is COc1ccc(N=C(SC)N2C[C@H](C)[C@@](C)(c3ccc(F)cc3Cl)C2)cn1. The van der Waals surface area contributed by atoms with Crippen molar-refractivity contribution < 1.29 is 9.13 Å². The van der Waals surface area contributed by atoms with Gasteiger partial charge in [0.05, 0.1) is 19.0 Å². The third-order valence-corrected chi connectivity index (χ3v) is 6.28. The van der Waals surface area contributed by atoms with Gasteiger partial charge in [-0.3, -0.25) is 0 Å². The Labute approximate surface area is 168 Å². The van der Waals surface area contributed by atoms with Crippen molar-refractivity contribution >= 4 is 34.2 Å². The molecule has 1 aliphatic heterocycles. The smallest absolute Gasteiger partial charge is 0.213 e. The van der Waals surface area contributed by atoms with Crippen LogP contribution in [0, 0.1) is 11.7 Å². The first kappa shape index (κ1) is 20.0. The molecule has 0 N–H and O–H groups in total. The van der Waals surface area contributed by atoms with E-state index in [9.17, 15) is 4.39 Å². The minimum Gasteiger partial charge on any atom is -0.481 e. The summed E-state index contributed by atoms with van der Waals surface area (Å²) in [6.07, 6.45) is 3.71. The quantitative estimate of drug-likeness (QED) is 0.521. The Kier molecular flexibility index (Phi) is 5.96. The fourth-order valence-corrected chi connectivity index (χ4v) is 4.49. The van der Waals surface area contributed by atoms with Crippen LogP contribution in [0.3, 0.4) is 0 Å².